The largest absolute Gasteiger partial charge is 0.342 e. The Kier molecular flexibility index (Phi) is 4.44. The summed E-state index contributed by atoms with van der Waals surface area (Å²) in [5.41, 5.74) is 1.93. The molecule has 0 bridgehead atoms. The van der Waals surface area contributed by atoms with Gasteiger partial charge < -0.3 is 14.4 Å². The fourth-order valence-corrected chi connectivity index (χ4v) is 3.43. The van der Waals surface area contributed by atoms with Crippen molar-refractivity contribution in [2.75, 3.05) is 6.54 Å². The molecule has 1 amide bonds. The van der Waals surface area contributed by atoms with Crippen LogP contribution in [0.4, 0.5) is 0 Å². The van der Waals surface area contributed by atoms with Crippen molar-refractivity contribution in [2.45, 2.75) is 51.5 Å². The van der Waals surface area contributed by atoms with Gasteiger partial charge in [0.1, 0.15) is 11.9 Å². The number of H-pyrrole nitrogens is 1. The van der Waals surface area contributed by atoms with E-state index >= 15 is 0 Å². The Hall–Kier alpha value is -2.70. The number of nitrogens with one attached hydrogen (secondary N) is 1. The third kappa shape index (κ3) is 3.21. The van der Waals surface area contributed by atoms with Crippen LogP contribution < -0.4 is 0 Å². The van der Waals surface area contributed by atoms with Crippen LogP contribution in [0, 0.1) is 0 Å². The zero-order valence-corrected chi connectivity index (χ0v) is 15.1. The van der Waals surface area contributed by atoms with Crippen molar-refractivity contribution in [3.63, 3.8) is 0 Å². The smallest absolute Gasteiger partial charge is 0.249 e. The van der Waals surface area contributed by atoms with Gasteiger partial charge in [0.05, 0.1) is 11.0 Å². The van der Waals surface area contributed by atoms with Crippen molar-refractivity contribution in [3.8, 4) is 0 Å². The number of hydrogen-bond donors (Lipinski definition) is 1. The van der Waals surface area contributed by atoms with E-state index < -0.39 is 0 Å². The molecule has 0 aliphatic carbocycles. The zero-order chi connectivity index (χ0) is 18.1. The number of benzene rings is 1. The molecule has 3 aromatic rings. The van der Waals surface area contributed by atoms with Crippen LogP contribution in [0.3, 0.4) is 0 Å². The van der Waals surface area contributed by atoms with E-state index in [4.69, 9.17) is 4.52 Å². The first kappa shape index (κ1) is 16.8. The molecular formula is C19H23N5O2. The Bertz CT molecular complexity index is 880. The number of hydrogen-bond acceptors (Lipinski definition) is 5. The summed E-state index contributed by atoms with van der Waals surface area (Å²) in [4.78, 5) is 26.9. The summed E-state index contributed by atoms with van der Waals surface area (Å²) in [6.45, 7) is 4.79. The second-order valence-electron chi connectivity index (χ2n) is 7.09. The van der Waals surface area contributed by atoms with Crippen LogP contribution in [0.1, 0.15) is 62.6 Å². The molecule has 7 heteroatoms. The molecule has 1 atom stereocenters. The normalized spacial score (nSPS) is 17.5. The maximum Gasteiger partial charge on any atom is 0.249 e. The van der Waals surface area contributed by atoms with Crippen LogP contribution in [0.5, 0.6) is 0 Å². The second kappa shape index (κ2) is 6.90. The number of para-hydroxylation sites is 2. The van der Waals surface area contributed by atoms with Crippen LogP contribution in [-0.4, -0.2) is 37.5 Å². The van der Waals surface area contributed by atoms with Crippen molar-refractivity contribution in [3.05, 3.63) is 41.8 Å². The Balaban J connectivity index is 1.42. The number of likely N-dealkylation sites (tertiary alicyclic amines) is 1. The van der Waals surface area contributed by atoms with Gasteiger partial charge in [-0.2, -0.15) is 4.98 Å². The summed E-state index contributed by atoms with van der Waals surface area (Å²) in [6, 6.07) is 7.79. The number of rotatable bonds is 5. The zero-order valence-electron chi connectivity index (χ0n) is 15.1. The summed E-state index contributed by atoms with van der Waals surface area (Å²) in [7, 11) is 0. The van der Waals surface area contributed by atoms with E-state index in [9.17, 15) is 4.79 Å². The average molecular weight is 353 g/mol. The summed E-state index contributed by atoms with van der Waals surface area (Å²) in [5.74, 6) is 2.42. The monoisotopic (exact) mass is 353 g/mol. The first-order valence-corrected chi connectivity index (χ1v) is 9.18. The highest BCUT2D eigenvalue weighted by Gasteiger charge is 2.34. The van der Waals surface area contributed by atoms with Gasteiger partial charge in [-0.3, -0.25) is 4.79 Å². The molecule has 1 aliphatic rings. The number of nitrogens with zero attached hydrogens (tertiary/aromatic N) is 4. The molecule has 1 aliphatic heterocycles. The first-order valence-electron chi connectivity index (χ1n) is 9.18. The third-order valence-corrected chi connectivity index (χ3v) is 4.85. The maximum absolute atomic E-state index is 12.8. The number of carbonyl (C=O) groups excluding carboxylic acids is 1. The Morgan fingerprint density at radius 2 is 2.19 bits per heavy atom. The van der Waals surface area contributed by atoms with Crippen LogP contribution in [0.2, 0.25) is 0 Å². The summed E-state index contributed by atoms with van der Waals surface area (Å²) in [6.07, 6.45) is 2.84. The van der Waals surface area contributed by atoms with Gasteiger partial charge >= 0.3 is 0 Å². The van der Waals surface area contributed by atoms with Crippen molar-refractivity contribution >= 4 is 16.9 Å². The highest BCUT2D eigenvalue weighted by Crippen LogP contribution is 2.32. The lowest BCUT2D eigenvalue weighted by Crippen LogP contribution is -2.31. The van der Waals surface area contributed by atoms with Gasteiger partial charge in [0.15, 0.2) is 5.82 Å². The van der Waals surface area contributed by atoms with Crippen LogP contribution >= 0.6 is 0 Å². The summed E-state index contributed by atoms with van der Waals surface area (Å²) < 4.78 is 5.42. The lowest BCUT2D eigenvalue weighted by molar-refractivity contribution is -0.132. The van der Waals surface area contributed by atoms with Crippen molar-refractivity contribution in [1.29, 1.82) is 0 Å². The highest BCUT2D eigenvalue weighted by atomic mass is 16.5. The number of amides is 1. The number of fused-ring (bicyclic) bond motifs is 1. The maximum atomic E-state index is 12.8. The molecule has 0 radical (unpaired) electrons. The van der Waals surface area contributed by atoms with E-state index in [1.807, 2.05) is 43.0 Å². The van der Waals surface area contributed by atoms with Crippen LogP contribution in [0.15, 0.2) is 28.8 Å². The predicted molar refractivity (Wildman–Crippen MR) is 96.5 cm³/mol. The van der Waals surface area contributed by atoms with Gasteiger partial charge in [-0.15, -0.1) is 0 Å². The Morgan fingerprint density at radius 1 is 1.35 bits per heavy atom. The van der Waals surface area contributed by atoms with E-state index in [0.29, 0.717) is 24.6 Å². The molecule has 3 heterocycles. The number of aromatic amines is 1. The van der Waals surface area contributed by atoms with Gasteiger partial charge in [0.25, 0.3) is 0 Å². The molecule has 136 valence electrons. The Labute approximate surface area is 151 Å². The fraction of sp³-hybridized carbons (Fsp3) is 0.474. The summed E-state index contributed by atoms with van der Waals surface area (Å²) >= 11 is 0. The van der Waals surface area contributed by atoms with Crippen molar-refractivity contribution in [2.24, 2.45) is 0 Å². The molecular weight excluding hydrogens is 330 g/mol. The van der Waals surface area contributed by atoms with Crippen LogP contribution in [0.25, 0.3) is 11.0 Å². The van der Waals surface area contributed by atoms with Gasteiger partial charge in [-0.25, -0.2) is 4.98 Å². The average Bonchev–Trinajstić information content (AvgIpc) is 3.37. The molecule has 1 saturated heterocycles. The van der Waals surface area contributed by atoms with Crippen molar-refractivity contribution in [1.82, 2.24) is 25.0 Å². The standard InChI is InChI=1S/C19H23N5O2/c1-12(2)18-22-19(26-23-18)15-8-5-11-24(15)17(25)10-9-16-20-13-6-3-4-7-14(13)21-16/h3-4,6-7,12,15H,5,8-11H2,1-2H3,(H,20,21). The van der Waals surface area contributed by atoms with Gasteiger partial charge in [-0.05, 0) is 25.0 Å². The molecule has 0 saturated carbocycles. The van der Waals surface area contributed by atoms with E-state index in [0.717, 1.165) is 36.2 Å². The van der Waals surface area contributed by atoms with Gasteiger partial charge in [0.2, 0.25) is 11.8 Å². The first-order chi connectivity index (χ1) is 12.6. The predicted octanol–water partition coefficient (Wildman–Crippen LogP) is 3.37. The lowest BCUT2D eigenvalue weighted by atomic mass is 10.2. The highest BCUT2D eigenvalue weighted by molar-refractivity contribution is 5.78. The van der Waals surface area contributed by atoms with Gasteiger partial charge in [0, 0.05) is 25.3 Å². The van der Waals surface area contributed by atoms with Crippen molar-refractivity contribution < 1.29 is 9.32 Å². The minimum Gasteiger partial charge on any atom is -0.342 e. The molecule has 1 unspecified atom stereocenters. The number of carbonyl (C=O) groups is 1. The molecule has 1 N–H and O–H groups in total. The summed E-state index contributed by atoms with van der Waals surface area (Å²) in [5, 5.41) is 4.03. The minimum absolute atomic E-state index is 0.0989. The van der Waals surface area contributed by atoms with E-state index in [2.05, 4.69) is 20.1 Å². The number of aryl methyl sites for hydroxylation is 1. The Morgan fingerprint density at radius 3 is 2.96 bits per heavy atom. The topological polar surface area (TPSA) is 87.9 Å². The lowest BCUT2D eigenvalue weighted by Gasteiger charge is -2.21. The second-order valence-corrected chi connectivity index (χ2v) is 7.09. The molecule has 26 heavy (non-hydrogen) atoms. The van der Waals surface area contributed by atoms with E-state index in [1.54, 1.807) is 0 Å². The molecule has 4 rings (SSSR count). The van der Waals surface area contributed by atoms with Crippen LogP contribution in [-0.2, 0) is 11.2 Å². The van der Waals surface area contributed by atoms with Gasteiger partial charge in [-0.1, -0.05) is 31.1 Å². The van der Waals surface area contributed by atoms with E-state index in [-0.39, 0.29) is 17.9 Å². The fourth-order valence-electron chi connectivity index (χ4n) is 3.43. The molecule has 1 aromatic carbocycles. The SMILES string of the molecule is CC(C)c1noc(C2CCCN2C(=O)CCc2nc3ccccc3[nH]2)n1. The molecule has 0 spiro atoms. The molecule has 1 fully saturated rings. The number of aromatic nitrogens is 4. The quantitative estimate of drug-likeness (QED) is 0.760. The minimum atomic E-state index is -0.0989. The molecule has 2 aromatic heterocycles. The third-order valence-electron chi connectivity index (χ3n) is 4.85. The number of imidazole rings is 1. The van der Waals surface area contributed by atoms with E-state index in [1.165, 1.54) is 0 Å². The molecule has 7 nitrogen and oxygen atoms in total.